The maximum absolute atomic E-state index is 11.7. The van der Waals surface area contributed by atoms with Crippen molar-refractivity contribution in [2.24, 2.45) is 0 Å². The van der Waals surface area contributed by atoms with E-state index in [-0.39, 0.29) is 0 Å². The molecule has 0 saturated carbocycles. The second-order valence-corrected chi connectivity index (χ2v) is 4.50. The molecular weight excluding hydrogens is 254 g/mol. The summed E-state index contributed by atoms with van der Waals surface area (Å²) >= 11 is 0. The van der Waals surface area contributed by atoms with Crippen molar-refractivity contribution in [3.05, 3.63) is 53.7 Å². The van der Waals surface area contributed by atoms with Crippen LogP contribution in [0.25, 0.3) is 0 Å². The van der Waals surface area contributed by atoms with Gasteiger partial charge in [-0.2, -0.15) is 0 Å². The summed E-state index contributed by atoms with van der Waals surface area (Å²) < 4.78 is 0. The highest BCUT2D eigenvalue weighted by molar-refractivity contribution is 6.43. The molecule has 0 aliphatic rings. The van der Waals surface area contributed by atoms with Gasteiger partial charge in [0.05, 0.1) is 0 Å². The average Bonchev–Trinajstić information content (AvgIpc) is 2.44. The molecular formula is C15H15N3O2. The number of aromatic nitrogens is 1. The van der Waals surface area contributed by atoms with Crippen LogP contribution in [0.2, 0.25) is 0 Å². The molecule has 102 valence electrons. The van der Waals surface area contributed by atoms with Crippen molar-refractivity contribution >= 4 is 23.3 Å². The van der Waals surface area contributed by atoms with Gasteiger partial charge in [-0.1, -0.05) is 23.8 Å². The SMILES string of the molecule is Cc1ccc(NC(=O)C(=O)Nc2ccc(C)cn2)cc1. The standard InChI is InChI=1S/C15H15N3O2/c1-10-3-6-12(7-4-10)17-14(19)15(20)18-13-8-5-11(2)9-16-13/h3-9H,1-2H3,(H,17,19)(H,16,18,20). The van der Waals surface area contributed by atoms with Crippen LogP contribution in [0.4, 0.5) is 11.5 Å². The van der Waals surface area contributed by atoms with E-state index in [1.54, 1.807) is 30.5 Å². The van der Waals surface area contributed by atoms with Gasteiger partial charge in [-0.3, -0.25) is 9.59 Å². The van der Waals surface area contributed by atoms with Gasteiger partial charge >= 0.3 is 11.8 Å². The highest BCUT2D eigenvalue weighted by atomic mass is 16.2. The van der Waals surface area contributed by atoms with Gasteiger partial charge in [-0.15, -0.1) is 0 Å². The topological polar surface area (TPSA) is 71.1 Å². The summed E-state index contributed by atoms with van der Waals surface area (Å²) in [7, 11) is 0. The van der Waals surface area contributed by atoms with Crippen LogP contribution in [0, 0.1) is 13.8 Å². The van der Waals surface area contributed by atoms with Crippen LogP contribution in [-0.4, -0.2) is 16.8 Å². The fourth-order valence-corrected chi connectivity index (χ4v) is 1.54. The van der Waals surface area contributed by atoms with Crippen LogP contribution in [0.5, 0.6) is 0 Å². The molecule has 0 atom stereocenters. The Bertz CT molecular complexity index is 561. The number of pyridine rings is 1. The summed E-state index contributed by atoms with van der Waals surface area (Å²) in [5, 5.41) is 4.96. The number of hydrogen-bond donors (Lipinski definition) is 2. The number of amides is 2. The minimum Gasteiger partial charge on any atom is -0.318 e. The molecule has 1 aromatic heterocycles. The van der Waals surface area contributed by atoms with E-state index >= 15 is 0 Å². The predicted molar refractivity (Wildman–Crippen MR) is 77.4 cm³/mol. The predicted octanol–water partition coefficient (Wildman–Crippen LogP) is 2.28. The second-order valence-electron chi connectivity index (χ2n) is 4.50. The Morgan fingerprint density at radius 3 is 2.05 bits per heavy atom. The van der Waals surface area contributed by atoms with Gasteiger partial charge in [0, 0.05) is 11.9 Å². The Labute approximate surface area is 117 Å². The summed E-state index contributed by atoms with van der Waals surface area (Å²) in [6, 6.07) is 10.6. The number of carbonyl (C=O) groups excluding carboxylic acids is 2. The van der Waals surface area contributed by atoms with Crippen LogP contribution < -0.4 is 10.6 Å². The highest BCUT2D eigenvalue weighted by Crippen LogP contribution is 2.09. The summed E-state index contributed by atoms with van der Waals surface area (Å²) in [6.45, 7) is 3.84. The van der Waals surface area contributed by atoms with Gasteiger partial charge in [0.25, 0.3) is 0 Å². The van der Waals surface area contributed by atoms with Crippen LogP contribution in [0.1, 0.15) is 11.1 Å². The first-order valence-electron chi connectivity index (χ1n) is 6.16. The zero-order valence-electron chi connectivity index (χ0n) is 11.3. The molecule has 5 heteroatoms. The molecule has 0 aliphatic carbocycles. The largest absolute Gasteiger partial charge is 0.318 e. The van der Waals surface area contributed by atoms with Gasteiger partial charge in [-0.25, -0.2) is 4.98 Å². The normalized spacial score (nSPS) is 9.90. The number of anilines is 2. The Kier molecular flexibility index (Phi) is 4.10. The fraction of sp³-hybridized carbons (Fsp3) is 0.133. The van der Waals surface area contributed by atoms with E-state index in [1.807, 2.05) is 26.0 Å². The molecule has 1 heterocycles. The number of rotatable bonds is 2. The third-order valence-electron chi connectivity index (χ3n) is 2.67. The molecule has 0 fully saturated rings. The Hall–Kier alpha value is -2.69. The van der Waals surface area contributed by atoms with E-state index in [2.05, 4.69) is 15.6 Å². The minimum atomic E-state index is -0.748. The summed E-state index contributed by atoms with van der Waals surface area (Å²) in [6.07, 6.45) is 1.62. The third-order valence-corrected chi connectivity index (χ3v) is 2.67. The monoisotopic (exact) mass is 269 g/mol. The van der Waals surface area contributed by atoms with Gasteiger partial charge < -0.3 is 10.6 Å². The quantitative estimate of drug-likeness (QED) is 0.822. The van der Waals surface area contributed by atoms with Crippen LogP contribution in [-0.2, 0) is 9.59 Å². The molecule has 5 nitrogen and oxygen atoms in total. The highest BCUT2D eigenvalue weighted by Gasteiger charge is 2.14. The van der Waals surface area contributed by atoms with Crippen LogP contribution in [0.15, 0.2) is 42.6 Å². The van der Waals surface area contributed by atoms with E-state index in [4.69, 9.17) is 0 Å². The van der Waals surface area contributed by atoms with Gasteiger partial charge in [0.1, 0.15) is 5.82 Å². The lowest BCUT2D eigenvalue weighted by Crippen LogP contribution is -2.29. The lowest BCUT2D eigenvalue weighted by atomic mass is 10.2. The lowest BCUT2D eigenvalue weighted by molar-refractivity contribution is -0.133. The number of benzene rings is 1. The summed E-state index contributed by atoms with van der Waals surface area (Å²) in [5.74, 6) is -1.13. The van der Waals surface area contributed by atoms with Crippen molar-refractivity contribution in [3.63, 3.8) is 0 Å². The molecule has 0 spiro atoms. The third kappa shape index (κ3) is 3.65. The lowest BCUT2D eigenvalue weighted by Gasteiger charge is -2.06. The Morgan fingerprint density at radius 1 is 0.850 bits per heavy atom. The molecule has 0 unspecified atom stereocenters. The number of aryl methyl sites for hydroxylation is 2. The maximum Gasteiger partial charge on any atom is 0.315 e. The van der Waals surface area contributed by atoms with Crippen molar-refractivity contribution in [3.8, 4) is 0 Å². The number of carbonyl (C=O) groups is 2. The Morgan fingerprint density at radius 2 is 1.45 bits per heavy atom. The fourth-order valence-electron chi connectivity index (χ4n) is 1.54. The van der Waals surface area contributed by atoms with Gasteiger partial charge in [0.2, 0.25) is 0 Å². The summed E-state index contributed by atoms with van der Waals surface area (Å²) in [4.78, 5) is 27.4. The molecule has 2 amide bonds. The first-order chi connectivity index (χ1) is 9.54. The van der Waals surface area contributed by atoms with Crippen molar-refractivity contribution in [1.82, 2.24) is 4.98 Å². The maximum atomic E-state index is 11.7. The molecule has 2 aromatic rings. The number of hydrogen-bond acceptors (Lipinski definition) is 3. The zero-order valence-corrected chi connectivity index (χ0v) is 11.3. The van der Waals surface area contributed by atoms with E-state index in [0.717, 1.165) is 11.1 Å². The number of nitrogens with zero attached hydrogens (tertiary/aromatic N) is 1. The molecule has 20 heavy (non-hydrogen) atoms. The first-order valence-corrected chi connectivity index (χ1v) is 6.16. The molecule has 0 radical (unpaired) electrons. The molecule has 0 aliphatic heterocycles. The summed E-state index contributed by atoms with van der Waals surface area (Å²) in [5.41, 5.74) is 2.64. The van der Waals surface area contributed by atoms with Crippen LogP contribution in [0.3, 0.4) is 0 Å². The van der Waals surface area contributed by atoms with E-state index in [1.165, 1.54) is 0 Å². The van der Waals surface area contributed by atoms with Gasteiger partial charge in [0.15, 0.2) is 0 Å². The molecule has 2 rings (SSSR count). The van der Waals surface area contributed by atoms with E-state index in [0.29, 0.717) is 11.5 Å². The molecule has 2 N–H and O–H groups in total. The van der Waals surface area contributed by atoms with Crippen molar-refractivity contribution in [2.45, 2.75) is 13.8 Å². The van der Waals surface area contributed by atoms with Crippen molar-refractivity contribution in [2.75, 3.05) is 10.6 Å². The van der Waals surface area contributed by atoms with E-state index in [9.17, 15) is 9.59 Å². The van der Waals surface area contributed by atoms with E-state index < -0.39 is 11.8 Å². The average molecular weight is 269 g/mol. The minimum absolute atomic E-state index is 0.347. The van der Waals surface area contributed by atoms with Crippen molar-refractivity contribution in [1.29, 1.82) is 0 Å². The smallest absolute Gasteiger partial charge is 0.315 e. The van der Waals surface area contributed by atoms with Gasteiger partial charge in [-0.05, 0) is 37.6 Å². The Balaban J connectivity index is 1.96. The van der Waals surface area contributed by atoms with Crippen molar-refractivity contribution < 1.29 is 9.59 Å². The number of nitrogens with one attached hydrogen (secondary N) is 2. The molecule has 0 saturated heterocycles. The van der Waals surface area contributed by atoms with Crippen LogP contribution >= 0.6 is 0 Å². The molecule has 0 bridgehead atoms. The second kappa shape index (κ2) is 5.97. The molecule has 1 aromatic carbocycles. The zero-order chi connectivity index (χ0) is 14.5. The first kappa shape index (κ1) is 13.7.